The highest BCUT2D eigenvalue weighted by Gasteiger charge is 2.24. The lowest BCUT2D eigenvalue weighted by molar-refractivity contribution is 0.0263. The molecule has 1 heterocycles. The van der Waals surface area contributed by atoms with Crippen molar-refractivity contribution < 1.29 is 9.53 Å². The Bertz CT molecular complexity index is 348. The molecule has 0 aromatic heterocycles. The molecular formula is C14H23NO2. The number of carbonyl (C=O) groups excluding carboxylic acids is 1. The van der Waals surface area contributed by atoms with Crippen LogP contribution in [0.4, 0.5) is 4.79 Å². The Morgan fingerprint density at radius 3 is 2.65 bits per heavy atom. The van der Waals surface area contributed by atoms with Gasteiger partial charge in [-0.25, -0.2) is 4.79 Å². The maximum atomic E-state index is 11.9. The van der Waals surface area contributed by atoms with E-state index in [-0.39, 0.29) is 6.09 Å². The Hall–Kier alpha value is -1.25. The van der Waals surface area contributed by atoms with E-state index in [9.17, 15) is 4.79 Å². The second-order valence-electron chi connectivity index (χ2n) is 5.39. The first-order valence-corrected chi connectivity index (χ1v) is 6.13. The van der Waals surface area contributed by atoms with E-state index < -0.39 is 5.60 Å². The number of rotatable bonds is 1. The lowest BCUT2D eigenvalue weighted by Gasteiger charge is -2.30. The van der Waals surface area contributed by atoms with Crippen LogP contribution in [-0.2, 0) is 4.74 Å². The van der Waals surface area contributed by atoms with E-state index in [2.05, 4.69) is 19.1 Å². The summed E-state index contributed by atoms with van der Waals surface area (Å²) in [5.74, 6) is 0. The van der Waals surface area contributed by atoms with Gasteiger partial charge in [-0.3, -0.25) is 0 Å². The van der Waals surface area contributed by atoms with Crippen molar-refractivity contribution in [3.63, 3.8) is 0 Å². The molecular weight excluding hydrogens is 214 g/mol. The quantitative estimate of drug-likeness (QED) is 0.698. The van der Waals surface area contributed by atoms with Crippen LogP contribution in [0, 0.1) is 0 Å². The predicted molar refractivity (Wildman–Crippen MR) is 69.9 cm³/mol. The summed E-state index contributed by atoms with van der Waals surface area (Å²) in [7, 11) is 0. The zero-order valence-electron chi connectivity index (χ0n) is 11.5. The van der Waals surface area contributed by atoms with Gasteiger partial charge in [0.15, 0.2) is 0 Å². The summed E-state index contributed by atoms with van der Waals surface area (Å²) in [4.78, 5) is 13.7. The first-order valence-electron chi connectivity index (χ1n) is 6.13. The van der Waals surface area contributed by atoms with Crippen LogP contribution in [0.5, 0.6) is 0 Å². The van der Waals surface area contributed by atoms with Gasteiger partial charge in [-0.1, -0.05) is 17.7 Å². The molecule has 17 heavy (non-hydrogen) atoms. The van der Waals surface area contributed by atoms with Gasteiger partial charge in [0.25, 0.3) is 0 Å². The normalized spacial score (nSPS) is 17.8. The van der Waals surface area contributed by atoms with E-state index in [1.165, 1.54) is 11.1 Å². The van der Waals surface area contributed by atoms with E-state index in [0.717, 1.165) is 13.0 Å². The van der Waals surface area contributed by atoms with Gasteiger partial charge in [-0.2, -0.15) is 0 Å². The summed E-state index contributed by atoms with van der Waals surface area (Å²) in [5, 5.41) is 0. The summed E-state index contributed by atoms with van der Waals surface area (Å²) in [6.07, 6.45) is 4.97. The van der Waals surface area contributed by atoms with Crippen molar-refractivity contribution in [1.29, 1.82) is 0 Å². The Kier molecular flexibility index (Phi) is 4.38. The smallest absolute Gasteiger partial charge is 0.410 e. The Labute approximate surface area is 104 Å². The van der Waals surface area contributed by atoms with E-state index in [0.29, 0.717) is 6.54 Å². The van der Waals surface area contributed by atoms with E-state index in [1.54, 1.807) is 4.90 Å². The zero-order valence-corrected chi connectivity index (χ0v) is 11.5. The molecule has 0 aliphatic carbocycles. The Morgan fingerprint density at radius 1 is 1.47 bits per heavy atom. The summed E-state index contributed by atoms with van der Waals surface area (Å²) < 4.78 is 5.38. The van der Waals surface area contributed by atoms with Crippen molar-refractivity contribution in [3.05, 3.63) is 23.3 Å². The Morgan fingerprint density at radius 2 is 2.12 bits per heavy atom. The third-order valence-corrected chi connectivity index (χ3v) is 2.74. The average molecular weight is 237 g/mol. The van der Waals surface area contributed by atoms with Crippen molar-refractivity contribution in [2.24, 2.45) is 0 Å². The standard InChI is InChI=1S/C14H23NO2/c1-6-11(2)12-8-7-9-15(10-12)13(16)17-14(3,4)5/h6,8H,7,9-10H2,1-5H3/b11-6-. The van der Waals surface area contributed by atoms with Crippen LogP contribution in [0.2, 0.25) is 0 Å². The van der Waals surface area contributed by atoms with Gasteiger partial charge in [0, 0.05) is 13.1 Å². The fraction of sp³-hybridized carbons (Fsp3) is 0.643. The lowest BCUT2D eigenvalue weighted by atomic mass is 10.0. The van der Waals surface area contributed by atoms with Gasteiger partial charge in [0.1, 0.15) is 5.60 Å². The predicted octanol–water partition coefficient (Wildman–Crippen LogP) is 3.52. The van der Waals surface area contributed by atoms with Crippen molar-refractivity contribution >= 4 is 6.09 Å². The molecule has 0 aromatic rings. The maximum absolute atomic E-state index is 11.9. The molecule has 1 aliphatic heterocycles. The van der Waals surface area contributed by atoms with Crippen LogP contribution < -0.4 is 0 Å². The third kappa shape index (κ3) is 4.25. The zero-order chi connectivity index (χ0) is 13.1. The molecule has 0 saturated heterocycles. The molecule has 1 aliphatic rings. The van der Waals surface area contributed by atoms with Gasteiger partial charge < -0.3 is 9.64 Å². The van der Waals surface area contributed by atoms with Crippen LogP contribution in [0.25, 0.3) is 0 Å². The molecule has 0 bridgehead atoms. The third-order valence-electron chi connectivity index (χ3n) is 2.74. The van der Waals surface area contributed by atoms with Crippen molar-refractivity contribution in [2.75, 3.05) is 13.1 Å². The number of hydrogen-bond acceptors (Lipinski definition) is 2. The van der Waals surface area contributed by atoms with Gasteiger partial charge in [-0.05, 0) is 46.6 Å². The number of ether oxygens (including phenoxy) is 1. The second kappa shape index (κ2) is 5.39. The summed E-state index contributed by atoms with van der Waals surface area (Å²) in [6.45, 7) is 11.2. The van der Waals surface area contributed by atoms with Crippen molar-refractivity contribution in [3.8, 4) is 0 Å². The highest BCUT2D eigenvalue weighted by atomic mass is 16.6. The maximum Gasteiger partial charge on any atom is 0.410 e. The minimum atomic E-state index is -0.423. The molecule has 3 nitrogen and oxygen atoms in total. The average Bonchev–Trinajstić information content (AvgIpc) is 2.26. The molecule has 0 radical (unpaired) electrons. The number of carbonyl (C=O) groups is 1. The molecule has 1 amide bonds. The SMILES string of the molecule is C/C=C(/C)C1=CCCN(C(=O)OC(C)(C)C)C1. The minimum Gasteiger partial charge on any atom is -0.444 e. The van der Waals surface area contributed by atoms with Crippen LogP contribution in [-0.4, -0.2) is 29.7 Å². The highest BCUT2D eigenvalue weighted by Crippen LogP contribution is 2.19. The summed E-state index contributed by atoms with van der Waals surface area (Å²) >= 11 is 0. The summed E-state index contributed by atoms with van der Waals surface area (Å²) in [5.41, 5.74) is 2.04. The number of hydrogen-bond donors (Lipinski definition) is 0. The van der Waals surface area contributed by atoms with E-state index >= 15 is 0 Å². The van der Waals surface area contributed by atoms with Crippen molar-refractivity contribution in [2.45, 2.75) is 46.6 Å². The van der Waals surface area contributed by atoms with Gasteiger partial charge in [-0.15, -0.1) is 0 Å². The van der Waals surface area contributed by atoms with Gasteiger partial charge in [0.2, 0.25) is 0 Å². The molecule has 0 atom stereocenters. The second-order valence-corrected chi connectivity index (χ2v) is 5.39. The monoisotopic (exact) mass is 237 g/mol. The number of nitrogens with zero attached hydrogens (tertiary/aromatic N) is 1. The molecule has 0 N–H and O–H groups in total. The molecule has 0 spiro atoms. The molecule has 0 saturated carbocycles. The van der Waals surface area contributed by atoms with Crippen molar-refractivity contribution in [1.82, 2.24) is 4.90 Å². The fourth-order valence-electron chi connectivity index (χ4n) is 1.70. The molecule has 0 aromatic carbocycles. The van der Waals surface area contributed by atoms with Crippen LogP contribution in [0.1, 0.15) is 41.0 Å². The fourth-order valence-corrected chi connectivity index (χ4v) is 1.70. The Balaban J connectivity index is 2.65. The molecule has 0 unspecified atom stereocenters. The summed E-state index contributed by atoms with van der Waals surface area (Å²) in [6, 6.07) is 0. The number of allylic oxidation sites excluding steroid dienone is 1. The first kappa shape index (κ1) is 13.8. The topological polar surface area (TPSA) is 29.5 Å². The highest BCUT2D eigenvalue weighted by molar-refractivity contribution is 5.69. The number of amides is 1. The van der Waals surface area contributed by atoms with Crippen LogP contribution in [0.3, 0.4) is 0 Å². The van der Waals surface area contributed by atoms with Gasteiger partial charge >= 0.3 is 6.09 Å². The first-order chi connectivity index (χ1) is 7.83. The van der Waals surface area contributed by atoms with E-state index in [4.69, 9.17) is 4.74 Å². The molecule has 3 heteroatoms. The van der Waals surface area contributed by atoms with Crippen LogP contribution in [0.15, 0.2) is 23.3 Å². The molecule has 96 valence electrons. The molecule has 1 rings (SSSR count). The van der Waals surface area contributed by atoms with E-state index in [1.807, 2.05) is 27.7 Å². The minimum absolute atomic E-state index is 0.216. The van der Waals surface area contributed by atoms with Gasteiger partial charge in [0.05, 0.1) is 0 Å². The van der Waals surface area contributed by atoms with Crippen LogP contribution >= 0.6 is 0 Å². The lowest BCUT2D eigenvalue weighted by Crippen LogP contribution is -2.40. The molecule has 0 fully saturated rings. The largest absolute Gasteiger partial charge is 0.444 e.